The van der Waals surface area contributed by atoms with E-state index in [9.17, 15) is 4.79 Å². The maximum absolute atomic E-state index is 12.5. The van der Waals surface area contributed by atoms with Gasteiger partial charge in [0.15, 0.2) is 5.69 Å². The Balaban J connectivity index is 1.82. The lowest BCUT2D eigenvalue weighted by Gasteiger charge is -2.13. The molecule has 1 atom stereocenters. The summed E-state index contributed by atoms with van der Waals surface area (Å²) in [5, 5.41) is 11.3. The average Bonchev–Trinajstić information content (AvgIpc) is 3.22. The van der Waals surface area contributed by atoms with E-state index >= 15 is 0 Å². The third-order valence-electron chi connectivity index (χ3n) is 4.26. The van der Waals surface area contributed by atoms with E-state index in [0.29, 0.717) is 12.2 Å². The van der Waals surface area contributed by atoms with Crippen molar-refractivity contribution in [2.24, 2.45) is 0 Å². The van der Waals surface area contributed by atoms with Crippen LogP contribution in [0, 0.1) is 6.92 Å². The molecule has 0 spiro atoms. The lowest BCUT2D eigenvalue weighted by molar-refractivity contribution is 0.0852. The molecule has 0 saturated carbocycles. The summed E-state index contributed by atoms with van der Waals surface area (Å²) in [6.45, 7) is 7.42. The second-order valence-electron chi connectivity index (χ2n) is 6.57. The van der Waals surface area contributed by atoms with Crippen molar-refractivity contribution < 1.29 is 9.53 Å². The van der Waals surface area contributed by atoms with Crippen LogP contribution in [0.15, 0.2) is 24.3 Å². The van der Waals surface area contributed by atoms with E-state index in [1.165, 1.54) is 5.56 Å². The van der Waals surface area contributed by atoms with Crippen LogP contribution in [0.3, 0.4) is 0 Å². The summed E-state index contributed by atoms with van der Waals surface area (Å²) in [6, 6.07) is 8.03. The van der Waals surface area contributed by atoms with Gasteiger partial charge in [0.25, 0.3) is 5.91 Å². The van der Waals surface area contributed by atoms with Gasteiger partial charge < -0.3 is 10.1 Å². The van der Waals surface area contributed by atoms with Crippen LogP contribution >= 0.6 is 0 Å². The smallest absolute Gasteiger partial charge is 0.273 e. The van der Waals surface area contributed by atoms with E-state index in [-0.39, 0.29) is 17.9 Å². The maximum atomic E-state index is 12.5. The van der Waals surface area contributed by atoms with Gasteiger partial charge in [-0.15, -0.1) is 5.10 Å². The number of rotatable bonds is 5. The van der Waals surface area contributed by atoms with Gasteiger partial charge in [0.05, 0.1) is 17.5 Å². The molecule has 2 aromatic rings. The highest BCUT2D eigenvalue weighted by atomic mass is 16.5. The zero-order valence-corrected chi connectivity index (χ0v) is 14.5. The molecule has 24 heavy (non-hydrogen) atoms. The minimum absolute atomic E-state index is 0.114. The number of aromatic nitrogens is 3. The number of benzene rings is 1. The number of aryl methyl sites for hydroxylation is 1. The Labute approximate surface area is 142 Å². The maximum Gasteiger partial charge on any atom is 0.273 e. The molecule has 0 aliphatic carbocycles. The van der Waals surface area contributed by atoms with Crippen LogP contribution in [0.1, 0.15) is 54.4 Å². The molecule has 6 heteroatoms. The van der Waals surface area contributed by atoms with Crippen LogP contribution < -0.4 is 5.32 Å². The molecule has 1 aliphatic heterocycles. The van der Waals surface area contributed by atoms with E-state index in [1.54, 1.807) is 4.68 Å². The number of hydrogen-bond donors (Lipinski definition) is 1. The summed E-state index contributed by atoms with van der Waals surface area (Å²) in [4.78, 5) is 12.5. The van der Waals surface area contributed by atoms with Gasteiger partial charge in [-0.1, -0.05) is 36.8 Å². The van der Waals surface area contributed by atoms with E-state index in [0.717, 1.165) is 30.8 Å². The first-order chi connectivity index (χ1) is 11.6. The lowest BCUT2D eigenvalue weighted by atomic mass is 10.1. The van der Waals surface area contributed by atoms with Gasteiger partial charge in [-0.25, -0.2) is 4.68 Å². The number of nitrogens with one attached hydrogen (secondary N) is 1. The van der Waals surface area contributed by atoms with Crippen molar-refractivity contribution in [3.05, 3.63) is 41.2 Å². The second-order valence-corrected chi connectivity index (χ2v) is 6.57. The van der Waals surface area contributed by atoms with Crippen LogP contribution in [0.25, 0.3) is 5.69 Å². The molecule has 3 rings (SSSR count). The second kappa shape index (κ2) is 7.13. The number of hydrogen-bond acceptors (Lipinski definition) is 4. The molecular formula is C18H24N4O2. The van der Waals surface area contributed by atoms with E-state index in [2.05, 4.69) is 15.6 Å². The van der Waals surface area contributed by atoms with Crippen molar-refractivity contribution in [3.8, 4) is 5.69 Å². The van der Waals surface area contributed by atoms with E-state index in [4.69, 9.17) is 4.74 Å². The van der Waals surface area contributed by atoms with Gasteiger partial charge in [-0.05, 0) is 37.8 Å². The van der Waals surface area contributed by atoms with Crippen LogP contribution in [0.2, 0.25) is 0 Å². The fraction of sp³-hybridized carbons (Fsp3) is 0.500. The quantitative estimate of drug-likeness (QED) is 0.916. The minimum Gasteiger partial charge on any atom is -0.376 e. The third kappa shape index (κ3) is 3.48. The zero-order valence-electron chi connectivity index (χ0n) is 14.5. The summed E-state index contributed by atoms with van der Waals surface area (Å²) in [6.07, 6.45) is 2.16. The van der Waals surface area contributed by atoms with Gasteiger partial charge in [-0.3, -0.25) is 4.79 Å². The molecule has 1 aliphatic rings. The number of carbonyl (C=O) groups is 1. The Morgan fingerprint density at radius 2 is 2.12 bits per heavy atom. The Morgan fingerprint density at radius 1 is 1.38 bits per heavy atom. The number of amides is 1. The fourth-order valence-electron chi connectivity index (χ4n) is 2.94. The number of ether oxygens (including phenoxy) is 1. The SMILES string of the molecule is Cc1ccc(-n2nnc(C(=O)NC[C@H]3CCCO3)c2C(C)C)cc1. The molecule has 128 valence electrons. The highest BCUT2D eigenvalue weighted by Gasteiger charge is 2.24. The van der Waals surface area contributed by atoms with Crippen molar-refractivity contribution in [1.82, 2.24) is 20.3 Å². The van der Waals surface area contributed by atoms with Crippen molar-refractivity contribution in [2.45, 2.75) is 45.6 Å². The molecule has 1 amide bonds. The lowest BCUT2D eigenvalue weighted by Crippen LogP contribution is -2.32. The van der Waals surface area contributed by atoms with Crippen LogP contribution in [0.4, 0.5) is 0 Å². The normalized spacial score (nSPS) is 17.4. The van der Waals surface area contributed by atoms with Gasteiger partial charge in [0.1, 0.15) is 0 Å². The standard InChI is InChI=1S/C18H24N4O2/c1-12(2)17-16(18(23)19-11-15-5-4-10-24-15)20-21-22(17)14-8-6-13(3)7-9-14/h6-9,12,15H,4-5,10-11H2,1-3H3,(H,19,23)/t15-/m1/s1. The summed E-state index contributed by atoms with van der Waals surface area (Å²) in [5.74, 6) is -0.0580. The summed E-state index contributed by atoms with van der Waals surface area (Å²) >= 11 is 0. The average molecular weight is 328 g/mol. The molecule has 0 bridgehead atoms. The topological polar surface area (TPSA) is 69.0 Å². The first-order valence-corrected chi connectivity index (χ1v) is 8.48. The summed E-state index contributed by atoms with van der Waals surface area (Å²) < 4.78 is 7.30. The molecule has 2 heterocycles. The molecule has 0 unspecified atom stereocenters. The molecule has 0 radical (unpaired) electrons. The van der Waals surface area contributed by atoms with Gasteiger partial charge >= 0.3 is 0 Å². The van der Waals surface area contributed by atoms with Gasteiger partial charge in [0, 0.05) is 13.2 Å². The molecular weight excluding hydrogens is 304 g/mol. The van der Waals surface area contributed by atoms with Crippen LogP contribution in [0.5, 0.6) is 0 Å². The third-order valence-corrected chi connectivity index (χ3v) is 4.26. The molecule has 1 aromatic heterocycles. The Bertz CT molecular complexity index is 700. The zero-order chi connectivity index (χ0) is 17.1. The summed E-state index contributed by atoms with van der Waals surface area (Å²) in [7, 11) is 0. The van der Waals surface area contributed by atoms with Crippen molar-refractivity contribution in [1.29, 1.82) is 0 Å². The predicted octanol–water partition coefficient (Wildman–Crippen LogP) is 2.61. The van der Waals surface area contributed by atoms with Crippen molar-refractivity contribution >= 4 is 5.91 Å². The van der Waals surface area contributed by atoms with Crippen LogP contribution in [-0.4, -0.2) is 40.2 Å². The first kappa shape index (κ1) is 16.6. The molecule has 1 saturated heterocycles. The van der Waals surface area contributed by atoms with Gasteiger partial charge in [0.2, 0.25) is 0 Å². The summed E-state index contributed by atoms with van der Waals surface area (Å²) in [5.41, 5.74) is 3.31. The first-order valence-electron chi connectivity index (χ1n) is 8.48. The highest BCUT2D eigenvalue weighted by Crippen LogP contribution is 2.22. The Hall–Kier alpha value is -2.21. The molecule has 1 fully saturated rings. The van der Waals surface area contributed by atoms with Crippen molar-refractivity contribution in [3.63, 3.8) is 0 Å². The Kier molecular flexibility index (Phi) is 4.94. The molecule has 1 aromatic carbocycles. The Morgan fingerprint density at radius 3 is 2.75 bits per heavy atom. The fourth-order valence-corrected chi connectivity index (χ4v) is 2.94. The number of carbonyl (C=O) groups excluding carboxylic acids is 1. The van der Waals surface area contributed by atoms with Crippen molar-refractivity contribution in [2.75, 3.05) is 13.2 Å². The van der Waals surface area contributed by atoms with E-state index < -0.39 is 0 Å². The molecule has 6 nitrogen and oxygen atoms in total. The minimum atomic E-state index is -0.187. The number of nitrogens with zero attached hydrogens (tertiary/aromatic N) is 3. The van der Waals surface area contributed by atoms with Gasteiger partial charge in [-0.2, -0.15) is 0 Å². The largest absolute Gasteiger partial charge is 0.376 e. The monoisotopic (exact) mass is 328 g/mol. The molecule has 1 N–H and O–H groups in total. The van der Waals surface area contributed by atoms with E-state index in [1.807, 2.05) is 45.0 Å². The predicted molar refractivity (Wildman–Crippen MR) is 91.5 cm³/mol. The van der Waals surface area contributed by atoms with Crippen LogP contribution in [-0.2, 0) is 4.74 Å². The highest BCUT2D eigenvalue weighted by molar-refractivity contribution is 5.93.